The highest BCUT2D eigenvalue weighted by Crippen LogP contribution is 2.43. The van der Waals surface area contributed by atoms with Crippen molar-refractivity contribution in [3.05, 3.63) is 71.4 Å². The topological polar surface area (TPSA) is 208 Å². The Balaban J connectivity index is 1.53. The molecule has 1 saturated carbocycles. The molecule has 5 rings (SSSR count). The van der Waals surface area contributed by atoms with Crippen LogP contribution in [0.15, 0.2) is 65.8 Å². The third-order valence-electron chi connectivity index (χ3n) is 16.3. The Hall–Kier alpha value is -4.22. The van der Waals surface area contributed by atoms with E-state index in [1.165, 1.54) is 12.0 Å². The van der Waals surface area contributed by atoms with Crippen LogP contribution in [0.25, 0.3) is 0 Å². The number of aliphatic hydroxyl groups excluding tert-OH is 3. The number of methoxy groups -OCH3 is 4. The van der Waals surface area contributed by atoms with Crippen molar-refractivity contribution in [1.82, 2.24) is 4.90 Å². The fourth-order valence-corrected chi connectivity index (χ4v) is 11.5. The van der Waals surface area contributed by atoms with Crippen LogP contribution < -0.4 is 9.47 Å². The molecule has 2 saturated heterocycles. The molecule has 408 valence electrons. The largest absolute Gasteiger partial charge is 0.497 e. The molecular weight excluding hydrogens is 935 g/mol. The molecule has 1 aromatic rings. The number of amides is 1. The summed E-state index contributed by atoms with van der Waals surface area (Å²) in [6.45, 7) is 13.0. The van der Waals surface area contributed by atoms with E-state index >= 15 is 0 Å². The van der Waals surface area contributed by atoms with Crippen LogP contribution in [-0.4, -0.2) is 138 Å². The number of aliphatic hydroxyl groups is 4. The summed E-state index contributed by atoms with van der Waals surface area (Å²) in [5, 5.41) is 46.0. The van der Waals surface area contributed by atoms with Crippen molar-refractivity contribution in [2.75, 3.05) is 35.0 Å². The van der Waals surface area contributed by atoms with Crippen LogP contribution in [-0.2, 0) is 38.1 Å². The number of nitrogens with zero attached hydrogens (tertiary/aromatic N) is 1. The third-order valence-corrected chi connectivity index (χ3v) is 16.3. The Morgan fingerprint density at radius 1 is 0.836 bits per heavy atom. The van der Waals surface area contributed by atoms with Crippen molar-refractivity contribution in [1.29, 1.82) is 0 Å². The second kappa shape index (κ2) is 27.5. The molecule has 2 bridgehead atoms. The first-order chi connectivity index (χ1) is 34.7. The average Bonchev–Trinajstić information content (AvgIpc) is 3.38. The molecule has 4 N–H and O–H groups in total. The number of ether oxygens (including phenoxy) is 6. The zero-order valence-corrected chi connectivity index (χ0v) is 45.4. The van der Waals surface area contributed by atoms with Gasteiger partial charge >= 0.3 is 5.97 Å². The first-order valence-electron chi connectivity index (χ1n) is 26.7. The highest BCUT2D eigenvalue weighted by molar-refractivity contribution is 6.39. The Morgan fingerprint density at radius 3 is 2.26 bits per heavy atom. The number of hydrogen-bond acceptors (Lipinski definition) is 14. The minimum atomic E-state index is -2.48. The Morgan fingerprint density at radius 2 is 1.58 bits per heavy atom. The predicted octanol–water partition coefficient (Wildman–Crippen LogP) is 7.76. The van der Waals surface area contributed by atoms with Crippen molar-refractivity contribution < 1.29 is 68.0 Å². The van der Waals surface area contributed by atoms with Crippen LogP contribution in [0.2, 0.25) is 0 Å². The number of cyclic esters (lactones) is 1. The lowest BCUT2D eigenvalue weighted by atomic mass is 9.78. The van der Waals surface area contributed by atoms with Gasteiger partial charge in [0, 0.05) is 56.6 Å². The molecule has 73 heavy (non-hydrogen) atoms. The molecule has 0 spiro atoms. The van der Waals surface area contributed by atoms with Crippen LogP contribution >= 0.6 is 0 Å². The molecule has 1 amide bonds. The normalized spacial score (nSPS) is 38.2. The van der Waals surface area contributed by atoms with Gasteiger partial charge in [-0.25, -0.2) is 4.79 Å². The summed E-state index contributed by atoms with van der Waals surface area (Å²) in [6.07, 6.45) is 11.1. The van der Waals surface area contributed by atoms with E-state index in [9.17, 15) is 39.6 Å². The Bertz CT molecular complexity index is 2130. The van der Waals surface area contributed by atoms with E-state index in [0.29, 0.717) is 74.9 Å². The number of piperidine rings is 1. The van der Waals surface area contributed by atoms with Crippen LogP contribution in [0.5, 0.6) is 11.5 Å². The van der Waals surface area contributed by atoms with Crippen molar-refractivity contribution in [2.24, 2.45) is 35.5 Å². The summed E-state index contributed by atoms with van der Waals surface area (Å²) in [7, 11) is 6.17. The highest BCUT2D eigenvalue weighted by Gasteiger charge is 2.53. The van der Waals surface area contributed by atoms with E-state index in [-0.39, 0.29) is 60.9 Å². The first-order valence-corrected chi connectivity index (χ1v) is 26.7. The molecule has 3 heterocycles. The van der Waals surface area contributed by atoms with Crippen LogP contribution in [0.1, 0.15) is 137 Å². The minimum Gasteiger partial charge on any atom is -0.497 e. The number of benzene rings is 1. The fourth-order valence-electron chi connectivity index (χ4n) is 11.5. The van der Waals surface area contributed by atoms with E-state index in [4.69, 9.17) is 28.4 Å². The number of allylic oxidation sites excluding steroid dienone is 7. The van der Waals surface area contributed by atoms with Crippen molar-refractivity contribution in [3.63, 3.8) is 0 Å². The molecule has 0 radical (unpaired) electrons. The van der Waals surface area contributed by atoms with Crippen molar-refractivity contribution in [3.8, 4) is 11.5 Å². The molecule has 1 aromatic carbocycles. The van der Waals surface area contributed by atoms with Crippen LogP contribution in [0.3, 0.4) is 0 Å². The molecule has 3 fully saturated rings. The molecule has 15 nitrogen and oxygen atoms in total. The molecule has 1 aliphatic carbocycles. The lowest BCUT2D eigenvalue weighted by Crippen LogP contribution is -2.60. The number of rotatable bonds is 8. The Labute approximate surface area is 434 Å². The lowest BCUT2D eigenvalue weighted by Gasteiger charge is -2.43. The summed E-state index contributed by atoms with van der Waals surface area (Å²) < 4.78 is 35.4. The number of hydrogen-bond donors (Lipinski definition) is 4. The van der Waals surface area contributed by atoms with Gasteiger partial charge in [-0.2, -0.15) is 0 Å². The van der Waals surface area contributed by atoms with E-state index < -0.39 is 77.9 Å². The van der Waals surface area contributed by atoms with E-state index in [0.717, 1.165) is 17.6 Å². The van der Waals surface area contributed by atoms with Gasteiger partial charge in [-0.1, -0.05) is 82.7 Å². The van der Waals surface area contributed by atoms with Gasteiger partial charge in [0.1, 0.15) is 41.6 Å². The molecule has 4 aliphatic rings. The van der Waals surface area contributed by atoms with Crippen molar-refractivity contribution in [2.45, 2.75) is 186 Å². The molecule has 2 unspecified atom stereocenters. The molecule has 0 aromatic heterocycles. The van der Waals surface area contributed by atoms with Gasteiger partial charge < -0.3 is 53.7 Å². The smallest absolute Gasteiger partial charge is 0.329 e. The van der Waals surface area contributed by atoms with E-state index in [2.05, 4.69) is 6.92 Å². The number of ketones is 2. The monoisotopic (exact) mass is 1020 g/mol. The first kappa shape index (κ1) is 59.7. The molecular formula is C58H87NO14. The minimum absolute atomic E-state index is 0.0474. The zero-order valence-electron chi connectivity index (χ0n) is 45.4. The summed E-state index contributed by atoms with van der Waals surface area (Å²) in [6, 6.07) is 4.42. The van der Waals surface area contributed by atoms with Gasteiger partial charge in [0.15, 0.2) is 0 Å². The second-order valence-corrected chi connectivity index (χ2v) is 21.7. The van der Waals surface area contributed by atoms with Gasteiger partial charge in [-0.05, 0) is 120 Å². The number of fused-ring (bicyclic) bond motifs is 3. The second-order valence-electron chi connectivity index (χ2n) is 21.7. The van der Waals surface area contributed by atoms with Gasteiger partial charge in [0.2, 0.25) is 5.79 Å². The SMILES string of the molecule is COc1ccc([C@H]2C[C@@H]3CC[C@@H](C)[C@@](O)(O3)C(=O)C(=O)N3CCCC[C@H]3C(=O)OC([C@H](C)CC3CC[C@@H](O)[C@H](OC)C3)CC(=O)[C@H](C)/C=C(\C)[C@@H](O)[C@@H](OC)[C@@H](O)[C@H](C)C[C@H](C)/C=C/C=C/C=C/2C)c(OC)c1. The number of esters is 1. The number of carbonyl (C=O) groups excluding carboxylic acids is 4. The standard InChI is InChI=1S/C58H87NO14/c1-34-17-13-12-14-18-35(2)45(44-24-23-42(68-8)32-50(44)69-9)31-43-22-20-40(7)58(67,73-43)55(64)56(65)59-26-16-15-19-46(59)57(66)72-49(37(4)29-41-21-25-47(60)51(30-41)70-10)33-48(61)36(3)28-39(6)53(63)54(71-11)52(62)38(5)27-34/h12-14,17-18,23-24,28,32,34,36-38,40-41,43,45-47,49,51-54,60,62-63,67H,15-16,19-22,25-27,29-31,33H2,1-11H3/b14-12+,17-13+,35-18+,39-28+/t34-,36-,37-,38-,40-,41?,43+,45+,46+,47-,49?,51-,52+,53-,54+,58-/m1/s1. The van der Waals surface area contributed by atoms with Gasteiger partial charge in [-0.15, -0.1) is 0 Å². The summed E-state index contributed by atoms with van der Waals surface area (Å²) in [4.78, 5) is 59.1. The molecule has 3 aliphatic heterocycles. The number of carbonyl (C=O) groups is 4. The number of Topliss-reactive ketones (excluding diaryl/α,β-unsaturated/α-hetero) is 2. The van der Waals surface area contributed by atoms with Crippen LogP contribution in [0.4, 0.5) is 0 Å². The van der Waals surface area contributed by atoms with Crippen LogP contribution in [0, 0.1) is 35.5 Å². The summed E-state index contributed by atoms with van der Waals surface area (Å²) >= 11 is 0. The predicted molar refractivity (Wildman–Crippen MR) is 278 cm³/mol. The lowest BCUT2D eigenvalue weighted by molar-refractivity contribution is -0.264. The van der Waals surface area contributed by atoms with Crippen molar-refractivity contribution >= 4 is 23.4 Å². The maximum absolute atomic E-state index is 14.6. The fraction of sp³-hybridized carbons (Fsp3) is 0.690. The quantitative estimate of drug-likeness (QED) is 0.112. The van der Waals surface area contributed by atoms with E-state index in [1.807, 2.05) is 63.3 Å². The maximum Gasteiger partial charge on any atom is 0.329 e. The Kier molecular flexibility index (Phi) is 22.5. The van der Waals surface area contributed by atoms with E-state index in [1.54, 1.807) is 54.2 Å². The zero-order chi connectivity index (χ0) is 53.7. The third kappa shape index (κ3) is 15.2. The van der Waals surface area contributed by atoms with Gasteiger partial charge in [0.05, 0.1) is 38.6 Å². The summed E-state index contributed by atoms with van der Waals surface area (Å²) in [5.74, 6) is -6.73. The van der Waals surface area contributed by atoms with Gasteiger partial charge in [0.25, 0.3) is 11.7 Å². The van der Waals surface area contributed by atoms with Gasteiger partial charge in [-0.3, -0.25) is 14.4 Å². The average molecular weight is 1020 g/mol. The highest BCUT2D eigenvalue weighted by atomic mass is 16.6. The maximum atomic E-state index is 14.6. The molecule has 15 heteroatoms. The molecule has 16 atom stereocenters. The summed E-state index contributed by atoms with van der Waals surface area (Å²) in [5.41, 5.74) is 2.22.